The zero-order valence-corrected chi connectivity index (χ0v) is 15.1. The molecule has 4 nitrogen and oxygen atoms in total. The molecule has 1 atom stereocenters. The third kappa shape index (κ3) is 4.06. The molecule has 0 radical (unpaired) electrons. The Balaban J connectivity index is 1.74. The maximum atomic E-state index is 13.7. The molecule has 0 bridgehead atoms. The maximum absolute atomic E-state index is 13.7. The number of rotatable bonds is 5. The lowest BCUT2D eigenvalue weighted by atomic mass is 10.1. The van der Waals surface area contributed by atoms with Crippen LogP contribution in [0.4, 0.5) is 4.39 Å². The molecule has 0 N–H and O–H groups in total. The van der Waals surface area contributed by atoms with Crippen molar-refractivity contribution in [1.29, 1.82) is 0 Å². The summed E-state index contributed by atoms with van der Waals surface area (Å²) in [5.41, 5.74) is 2.33. The van der Waals surface area contributed by atoms with Gasteiger partial charge in [0.2, 0.25) is 11.7 Å². The molecule has 2 aromatic carbocycles. The first-order valence-corrected chi connectivity index (χ1v) is 8.36. The minimum Gasteiger partial charge on any atom is -0.337 e. The van der Waals surface area contributed by atoms with Gasteiger partial charge in [-0.3, -0.25) is 4.90 Å². The molecule has 0 aliphatic heterocycles. The standard InChI is InChI=1S/C19H19ClFN3O/c1-12-4-7-15(10-17(12)21)18-22-19(25-23-18)13(2)24(3)11-14-5-8-16(20)9-6-14/h4-10,13H,11H2,1-3H3. The van der Waals surface area contributed by atoms with Crippen molar-refractivity contribution < 1.29 is 8.91 Å². The van der Waals surface area contributed by atoms with Gasteiger partial charge in [0.1, 0.15) is 5.82 Å². The highest BCUT2D eigenvalue weighted by Crippen LogP contribution is 2.24. The van der Waals surface area contributed by atoms with Gasteiger partial charge in [-0.15, -0.1) is 0 Å². The number of aromatic nitrogens is 2. The van der Waals surface area contributed by atoms with Gasteiger partial charge in [-0.25, -0.2) is 4.39 Å². The lowest BCUT2D eigenvalue weighted by Crippen LogP contribution is -2.22. The van der Waals surface area contributed by atoms with E-state index in [9.17, 15) is 4.39 Å². The van der Waals surface area contributed by atoms with Crippen molar-refractivity contribution in [3.05, 3.63) is 70.3 Å². The Kier molecular flexibility index (Phi) is 5.16. The fourth-order valence-corrected chi connectivity index (χ4v) is 2.58. The molecule has 1 aromatic heterocycles. The largest absolute Gasteiger partial charge is 0.337 e. The van der Waals surface area contributed by atoms with Crippen LogP contribution >= 0.6 is 11.6 Å². The van der Waals surface area contributed by atoms with Crippen molar-refractivity contribution in [3.63, 3.8) is 0 Å². The van der Waals surface area contributed by atoms with Crippen LogP contribution < -0.4 is 0 Å². The van der Waals surface area contributed by atoms with Crippen LogP contribution in [0.25, 0.3) is 11.4 Å². The monoisotopic (exact) mass is 359 g/mol. The van der Waals surface area contributed by atoms with Gasteiger partial charge in [-0.2, -0.15) is 4.98 Å². The predicted molar refractivity (Wildman–Crippen MR) is 95.8 cm³/mol. The molecular weight excluding hydrogens is 341 g/mol. The fraction of sp³-hybridized carbons (Fsp3) is 0.263. The van der Waals surface area contributed by atoms with E-state index in [1.165, 1.54) is 6.07 Å². The van der Waals surface area contributed by atoms with E-state index in [0.29, 0.717) is 27.9 Å². The summed E-state index contributed by atoms with van der Waals surface area (Å²) in [4.78, 5) is 6.51. The summed E-state index contributed by atoms with van der Waals surface area (Å²) < 4.78 is 19.1. The third-order valence-electron chi connectivity index (χ3n) is 4.24. The minimum absolute atomic E-state index is 0.0766. The molecule has 0 aliphatic carbocycles. The van der Waals surface area contributed by atoms with Crippen molar-refractivity contribution >= 4 is 11.6 Å². The first kappa shape index (κ1) is 17.6. The first-order chi connectivity index (χ1) is 11.9. The fourth-order valence-electron chi connectivity index (χ4n) is 2.46. The SMILES string of the molecule is Cc1ccc(-c2noc(C(C)N(C)Cc3ccc(Cl)cc3)n2)cc1F. The van der Waals surface area contributed by atoms with Gasteiger partial charge in [-0.05, 0) is 50.2 Å². The number of benzene rings is 2. The molecule has 1 heterocycles. The van der Waals surface area contributed by atoms with E-state index < -0.39 is 0 Å². The van der Waals surface area contributed by atoms with Crippen molar-refractivity contribution in [2.45, 2.75) is 26.4 Å². The molecule has 3 rings (SSSR count). The van der Waals surface area contributed by atoms with Gasteiger partial charge >= 0.3 is 0 Å². The molecule has 3 aromatic rings. The van der Waals surface area contributed by atoms with Crippen LogP contribution in [0.1, 0.15) is 30.0 Å². The molecule has 0 saturated carbocycles. The summed E-state index contributed by atoms with van der Waals surface area (Å²) in [6.07, 6.45) is 0. The molecule has 130 valence electrons. The van der Waals surface area contributed by atoms with Gasteiger partial charge < -0.3 is 4.52 Å². The average molecular weight is 360 g/mol. The highest BCUT2D eigenvalue weighted by atomic mass is 35.5. The average Bonchev–Trinajstić information content (AvgIpc) is 3.08. The van der Waals surface area contributed by atoms with E-state index in [-0.39, 0.29) is 11.9 Å². The van der Waals surface area contributed by atoms with Crippen LogP contribution in [0.3, 0.4) is 0 Å². The van der Waals surface area contributed by atoms with E-state index in [4.69, 9.17) is 16.1 Å². The second kappa shape index (κ2) is 7.33. The summed E-state index contributed by atoms with van der Waals surface area (Å²) >= 11 is 5.91. The zero-order chi connectivity index (χ0) is 18.0. The molecule has 6 heteroatoms. The Labute approximate surface area is 151 Å². The Bertz CT molecular complexity index is 863. The Morgan fingerprint density at radius 2 is 1.92 bits per heavy atom. The maximum Gasteiger partial charge on any atom is 0.244 e. The van der Waals surface area contributed by atoms with E-state index >= 15 is 0 Å². The van der Waals surface area contributed by atoms with E-state index in [2.05, 4.69) is 15.0 Å². The minimum atomic E-state index is -0.281. The highest BCUT2D eigenvalue weighted by Gasteiger charge is 2.20. The zero-order valence-electron chi connectivity index (χ0n) is 14.3. The first-order valence-electron chi connectivity index (χ1n) is 7.99. The second-order valence-electron chi connectivity index (χ2n) is 6.14. The van der Waals surface area contributed by atoms with Crippen molar-refractivity contribution in [1.82, 2.24) is 15.0 Å². The lowest BCUT2D eigenvalue weighted by Gasteiger charge is -2.21. The molecular formula is C19H19ClFN3O. The molecule has 0 spiro atoms. The number of aryl methyl sites for hydroxylation is 1. The molecule has 25 heavy (non-hydrogen) atoms. The summed E-state index contributed by atoms with van der Waals surface area (Å²) in [5.74, 6) is 0.602. The van der Waals surface area contributed by atoms with Crippen LogP contribution in [-0.2, 0) is 6.54 Å². The molecule has 0 fully saturated rings. The number of nitrogens with zero attached hydrogens (tertiary/aromatic N) is 3. The summed E-state index contributed by atoms with van der Waals surface area (Å²) in [6.45, 7) is 4.42. The summed E-state index contributed by atoms with van der Waals surface area (Å²) in [7, 11) is 1.98. The Hall–Kier alpha value is -2.24. The summed E-state index contributed by atoms with van der Waals surface area (Å²) in [5, 5.41) is 4.70. The van der Waals surface area contributed by atoms with Crippen LogP contribution in [0.5, 0.6) is 0 Å². The van der Waals surface area contributed by atoms with E-state index in [1.54, 1.807) is 19.1 Å². The predicted octanol–water partition coefficient (Wildman–Crippen LogP) is 5.03. The normalized spacial score (nSPS) is 12.6. The Morgan fingerprint density at radius 3 is 2.60 bits per heavy atom. The molecule has 0 aliphatic rings. The van der Waals surface area contributed by atoms with Crippen LogP contribution in [0, 0.1) is 12.7 Å². The summed E-state index contributed by atoms with van der Waals surface area (Å²) in [6, 6.07) is 12.5. The van der Waals surface area contributed by atoms with Gasteiger partial charge in [-0.1, -0.05) is 41.0 Å². The topological polar surface area (TPSA) is 42.2 Å². The lowest BCUT2D eigenvalue weighted by molar-refractivity contribution is 0.202. The van der Waals surface area contributed by atoms with Gasteiger partial charge in [0.05, 0.1) is 6.04 Å². The highest BCUT2D eigenvalue weighted by molar-refractivity contribution is 6.30. The number of hydrogen-bond donors (Lipinski definition) is 0. The number of halogens is 2. The smallest absolute Gasteiger partial charge is 0.244 e. The molecule has 0 saturated heterocycles. The van der Waals surface area contributed by atoms with Crippen LogP contribution in [0.2, 0.25) is 5.02 Å². The van der Waals surface area contributed by atoms with E-state index in [1.807, 2.05) is 38.2 Å². The molecule has 1 unspecified atom stereocenters. The van der Waals surface area contributed by atoms with Gasteiger partial charge in [0.15, 0.2) is 0 Å². The van der Waals surface area contributed by atoms with Crippen molar-refractivity contribution in [3.8, 4) is 11.4 Å². The van der Waals surface area contributed by atoms with E-state index in [0.717, 1.165) is 12.1 Å². The Morgan fingerprint density at radius 1 is 1.20 bits per heavy atom. The third-order valence-corrected chi connectivity index (χ3v) is 4.49. The van der Waals surface area contributed by atoms with Gasteiger partial charge in [0, 0.05) is 17.1 Å². The second-order valence-corrected chi connectivity index (χ2v) is 6.57. The number of hydrogen-bond acceptors (Lipinski definition) is 4. The van der Waals surface area contributed by atoms with Crippen LogP contribution in [-0.4, -0.2) is 22.1 Å². The van der Waals surface area contributed by atoms with Crippen molar-refractivity contribution in [2.24, 2.45) is 0 Å². The van der Waals surface area contributed by atoms with Gasteiger partial charge in [0.25, 0.3) is 0 Å². The van der Waals surface area contributed by atoms with Crippen LogP contribution in [0.15, 0.2) is 47.0 Å². The van der Waals surface area contributed by atoms with Crippen molar-refractivity contribution in [2.75, 3.05) is 7.05 Å². The molecule has 0 amide bonds. The quantitative estimate of drug-likeness (QED) is 0.640.